The number of anilines is 1. The van der Waals surface area contributed by atoms with Gasteiger partial charge in [0.25, 0.3) is 0 Å². The molecule has 3 rings (SSSR count). The highest BCUT2D eigenvalue weighted by molar-refractivity contribution is 5.80. The van der Waals surface area contributed by atoms with Crippen LogP contribution < -0.4 is 15.5 Å². The molecule has 8 heteroatoms. The number of piperidine rings is 1. The fourth-order valence-electron chi connectivity index (χ4n) is 4.53. The molecule has 0 spiro atoms. The Morgan fingerprint density at radius 2 is 1.88 bits per heavy atom. The van der Waals surface area contributed by atoms with Gasteiger partial charge in [0, 0.05) is 79.2 Å². The second-order valence-electron chi connectivity index (χ2n) is 8.74. The van der Waals surface area contributed by atoms with Crippen molar-refractivity contribution in [2.75, 3.05) is 78.0 Å². The van der Waals surface area contributed by atoms with E-state index >= 15 is 0 Å². The van der Waals surface area contributed by atoms with Crippen LogP contribution in [0.15, 0.2) is 23.2 Å². The van der Waals surface area contributed by atoms with Gasteiger partial charge in [-0.05, 0) is 43.5 Å². The summed E-state index contributed by atoms with van der Waals surface area (Å²) in [6.45, 7) is 11.6. The summed E-state index contributed by atoms with van der Waals surface area (Å²) in [6, 6.07) is 6.01. The molecule has 0 saturated carbocycles. The number of ether oxygens (including phenoxy) is 1. The van der Waals surface area contributed by atoms with Gasteiger partial charge < -0.3 is 30.1 Å². The van der Waals surface area contributed by atoms with Crippen molar-refractivity contribution in [1.82, 2.24) is 20.4 Å². The van der Waals surface area contributed by atoms with Crippen molar-refractivity contribution in [3.63, 3.8) is 0 Å². The first-order valence-electron chi connectivity index (χ1n) is 12.1. The molecule has 0 unspecified atom stereocenters. The average molecular weight is 449 g/mol. The van der Waals surface area contributed by atoms with E-state index in [2.05, 4.69) is 37.2 Å². The van der Waals surface area contributed by atoms with Gasteiger partial charge in [0.1, 0.15) is 5.82 Å². The smallest absolute Gasteiger partial charge is 0.191 e. The Hall–Kier alpha value is -1.90. The molecule has 0 aliphatic carbocycles. The Kier molecular flexibility index (Phi) is 10.0. The minimum atomic E-state index is -0.141. The Morgan fingerprint density at radius 1 is 1.12 bits per heavy atom. The Morgan fingerprint density at radius 3 is 2.50 bits per heavy atom. The number of methoxy groups -OCH3 is 1. The lowest BCUT2D eigenvalue weighted by atomic mass is 10.1. The topological polar surface area (TPSA) is 55.4 Å². The number of guanidine groups is 1. The van der Waals surface area contributed by atoms with Gasteiger partial charge in [0.2, 0.25) is 0 Å². The van der Waals surface area contributed by atoms with Crippen LogP contribution >= 0.6 is 0 Å². The average Bonchev–Trinajstić information content (AvgIpc) is 2.83. The van der Waals surface area contributed by atoms with Crippen molar-refractivity contribution < 1.29 is 9.13 Å². The van der Waals surface area contributed by atoms with Gasteiger partial charge in [0.15, 0.2) is 5.96 Å². The van der Waals surface area contributed by atoms with Crippen LogP contribution in [0.5, 0.6) is 0 Å². The summed E-state index contributed by atoms with van der Waals surface area (Å²) in [6.07, 6.45) is 3.28. The number of nitrogens with one attached hydrogen (secondary N) is 2. The first-order chi connectivity index (χ1) is 15.6. The van der Waals surface area contributed by atoms with Crippen LogP contribution in [0.1, 0.15) is 31.7 Å². The van der Waals surface area contributed by atoms with Crippen molar-refractivity contribution in [1.29, 1.82) is 0 Å². The molecule has 2 aliphatic heterocycles. The Bertz CT molecular complexity index is 714. The number of aliphatic imine (C=N–C) groups is 1. The SMILES string of the molecule is CCN1CCN(c2ccc(CNC(=NC)NC3CCN(CCCOC)CC3)cc2F)CC1. The van der Waals surface area contributed by atoms with Crippen LogP contribution in [0.25, 0.3) is 0 Å². The number of rotatable bonds is 9. The highest BCUT2D eigenvalue weighted by atomic mass is 19.1. The first kappa shape index (κ1) is 24.7. The van der Waals surface area contributed by atoms with E-state index in [0.29, 0.717) is 18.3 Å². The molecule has 0 radical (unpaired) electrons. The van der Waals surface area contributed by atoms with Crippen molar-refractivity contribution in [2.45, 2.75) is 38.8 Å². The highest BCUT2D eigenvalue weighted by Gasteiger charge is 2.20. The van der Waals surface area contributed by atoms with E-state index in [1.807, 2.05) is 12.1 Å². The fraction of sp³-hybridized carbons (Fsp3) is 0.708. The molecule has 0 aromatic heterocycles. The zero-order valence-electron chi connectivity index (χ0n) is 20.1. The molecule has 2 aliphatic rings. The first-order valence-corrected chi connectivity index (χ1v) is 12.1. The monoisotopic (exact) mass is 448 g/mol. The molecule has 0 amide bonds. The molecule has 2 heterocycles. The highest BCUT2D eigenvalue weighted by Crippen LogP contribution is 2.22. The third kappa shape index (κ3) is 7.32. The number of benzene rings is 1. The third-order valence-electron chi connectivity index (χ3n) is 6.61. The van der Waals surface area contributed by atoms with Crippen LogP contribution in [0.4, 0.5) is 10.1 Å². The summed E-state index contributed by atoms with van der Waals surface area (Å²) in [5.41, 5.74) is 1.64. The van der Waals surface area contributed by atoms with Crippen LogP contribution in [-0.2, 0) is 11.3 Å². The van der Waals surface area contributed by atoms with Gasteiger partial charge in [-0.25, -0.2) is 4.39 Å². The van der Waals surface area contributed by atoms with Crippen LogP contribution in [-0.4, -0.2) is 94.9 Å². The van der Waals surface area contributed by atoms with E-state index in [4.69, 9.17) is 4.74 Å². The minimum Gasteiger partial charge on any atom is -0.385 e. The summed E-state index contributed by atoms with van der Waals surface area (Å²) in [4.78, 5) is 11.4. The lowest BCUT2D eigenvalue weighted by molar-refractivity contribution is 0.155. The second-order valence-corrected chi connectivity index (χ2v) is 8.74. The zero-order chi connectivity index (χ0) is 22.8. The van der Waals surface area contributed by atoms with Crippen LogP contribution in [0, 0.1) is 5.82 Å². The zero-order valence-corrected chi connectivity index (χ0v) is 20.1. The molecule has 7 nitrogen and oxygen atoms in total. The summed E-state index contributed by atoms with van der Waals surface area (Å²) >= 11 is 0. The van der Waals surface area contributed by atoms with E-state index in [1.54, 1.807) is 20.2 Å². The number of hydrogen-bond donors (Lipinski definition) is 2. The van der Waals surface area contributed by atoms with Gasteiger partial charge in [-0.15, -0.1) is 0 Å². The standard InChI is InChI=1S/C24H41FN6O/c1-4-29-13-15-31(16-14-29)23-7-6-20(18-22(23)25)19-27-24(26-2)28-21-8-11-30(12-9-21)10-5-17-32-3/h6-7,18,21H,4-5,8-17,19H2,1-3H3,(H2,26,27,28). The van der Waals surface area contributed by atoms with E-state index < -0.39 is 0 Å². The predicted octanol–water partition coefficient (Wildman–Crippen LogP) is 2.13. The Labute approximate surface area is 193 Å². The molecule has 1 aromatic rings. The normalized spacial score (nSPS) is 19.4. The molecule has 1 aromatic carbocycles. The molecule has 2 saturated heterocycles. The molecule has 32 heavy (non-hydrogen) atoms. The largest absolute Gasteiger partial charge is 0.385 e. The maximum absolute atomic E-state index is 14.8. The lowest BCUT2D eigenvalue weighted by Gasteiger charge is -2.35. The molecule has 2 N–H and O–H groups in total. The number of halogens is 1. The quantitative estimate of drug-likeness (QED) is 0.343. The van der Waals surface area contributed by atoms with E-state index in [9.17, 15) is 4.39 Å². The van der Waals surface area contributed by atoms with Crippen LogP contribution in [0.2, 0.25) is 0 Å². The fourth-order valence-corrected chi connectivity index (χ4v) is 4.53. The summed E-state index contributed by atoms with van der Waals surface area (Å²) < 4.78 is 19.9. The van der Waals surface area contributed by atoms with E-state index in [-0.39, 0.29) is 5.82 Å². The summed E-state index contributed by atoms with van der Waals surface area (Å²) in [5.74, 6) is 0.640. The predicted molar refractivity (Wildman–Crippen MR) is 130 cm³/mol. The number of piperazine rings is 1. The van der Waals surface area contributed by atoms with Crippen LogP contribution in [0.3, 0.4) is 0 Å². The van der Waals surface area contributed by atoms with Gasteiger partial charge in [-0.1, -0.05) is 13.0 Å². The molecular weight excluding hydrogens is 407 g/mol. The maximum atomic E-state index is 14.8. The van der Waals surface area contributed by atoms with Gasteiger partial charge >= 0.3 is 0 Å². The summed E-state index contributed by atoms with van der Waals surface area (Å²) in [7, 11) is 3.54. The van der Waals surface area contributed by atoms with Crippen molar-refractivity contribution >= 4 is 11.6 Å². The molecule has 180 valence electrons. The third-order valence-corrected chi connectivity index (χ3v) is 6.61. The van der Waals surface area contributed by atoms with Crippen molar-refractivity contribution in [3.05, 3.63) is 29.6 Å². The van der Waals surface area contributed by atoms with Crippen molar-refractivity contribution in [2.24, 2.45) is 4.99 Å². The number of nitrogens with zero attached hydrogens (tertiary/aromatic N) is 4. The minimum absolute atomic E-state index is 0.141. The molecule has 0 bridgehead atoms. The van der Waals surface area contributed by atoms with E-state index in [0.717, 1.165) is 89.8 Å². The molecular formula is C24H41FN6O. The van der Waals surface area contributed by atoms with Crippen molar-refractivity contribution in [3.8, 4) is 0 Å². The Balaban J connectivity index is 1.43. The van der Waals surface area contributed by atoms with E-state index in [1.165, 1.54) is 0 Å². The summed E-state index contributed by atoms with van der Waals surface area (Å²) in [5, 5.41) is 6.88. The van der Waals surface area contributed by atoms with Gasteiger partial charge in [-0.2, -0.15) is 0 Å². The van der Waals surface area contributed by atoms with Gasteiger partial charge in [0.05, 0.1) is 5.69 Å². The lowest BCUT2D eigenvalue weighted by Crippen LogP contribution is -2.48. The molecule has 0 atom stereocenters. The van der Waals surface area contributed by atoms with Gasteiger partial charge in [-0.3, -0.25) is 4.99 Å². The number of likely N-dealkylation sites (N-methyl/N-ethyl adjacent to an activating group) is 1. The molecule has 2 fully saturated rings. The second kappa shape index (κ2) is 13.0. The maximum Gasteiger partial charge on any atom is 0.191 e. The number of hydrogen-bond acceptors (Lipinski definition) is 5. The number of likely N-dealkylation sites (tertiary alicyclic amines) is 1.